The average Bonchev–Trinajstić information content (AvgIpc) is 3.65. The van der Waals surface area contributed by atoms with E-state index in [0.717, 1.165) is 61.1 Å². The fourth-order valence-corrected chi connectivity index (χ4v) is 4.82. The molecule has 4 heterocycles. The fourth-order valence-electron chi connectivity index (χ4n) is 4.82. The molecule has 1 saturated heterocycles. The second kappa shape index (κ2) is 9.28. The van der Waals surface area contributed by atoms with Crippen LogP contribution < -0.4 is 15.5 Å². The van der Waals surface area contributed by atoms with Gasteiger partial charge in [0.2, 0.25) is 5.95 Å². The maximum atomic E-state index is 5.04. The lowest BCUT2D eigenvalue weighted by Gasteiger charge is -2.29. The smallest absolute Gasteiger partial charge is 0.227 e. The molecule has 3 aromatic heterocycles. The number of piperazine rings is 1. The van der Waals surface area contributed by atoms with Gasteiger partial charge in [-0.25, -0.2) is 15.0 Å². The molecule has 1 aliphatic heterocycles. The Morgan fingerprint density at radius 2 is 1.83 bits per heavy atom. The number of rotatable bonds is 7. The van der Waals surface area contributed by atoms with Crippen molar-refractivity contribution in [3.63, 3.8) is 0 Å². The van der Waals surface area contributed by atoms with Gasteiger partial charge >= 0.3 is 0 Å². The average molecular weight is 469 g/mol. The molecule has 0 radical (unpaired) electrons. The van der Waals surface area contributed by atoms with Crippen LogP contribution in [-0.4, -0.2) is 64.5 Å². The van der Waals surface area contributed by atoms with Crippen LogP contribution in [0.3, 0.4) is 0 Å². The predicted octanol–water partition coefficient (Wildman–Crippen LogP) is 3.88. The molecule has 2 aliphatic rings. The van der Waals surface area contributed by atoms with Gasteiger partial charge in [-0.2, -0.15) is 0 Å². The molecule has 2 N–H and O–H groups in total. The van der Waals surface area contributed by atoms with Gasteiger partial charge in [-0.05, 0) is 75.0 Å². The van der Waals surface area contributed by atoms with E-state index in [1.807, 2.05) is 12.3 Å². The Labute approximate surface area is 206 Å². The highest BCUT2D eigenvalue weighted by atomic mass is 15.2. The minimum absolute atomic E-state index is 0.520. The molecule has 0 atom stereocenters. The van der Waals surface area contributed by atoms with Gasteiger partial charge < -0.3 is 20.4 Å². The zero-order valence-corrected chi connectivity index (χ0v) is 20.4. The molecule has 35 heavy (non-hydrogen) atoms. The summed E-state index contributed by atoms with van der Waals surface area (Å²) >= 11 is 0. The normalized spacial score (nSPS) is 16.3. The molecular weight excluding hydrogens is 436 g/mol. The highest BCUT2D eigenvalue weighted by Crippen LogP contribution is 2.44. The minimum Gasteiger partial charge on any atom is -0.369 e. The fraction of sp³-hybridized carbons (Fsp3) is 0.370. The van der Waals surface area contributed by atoms with Crippen molar-refractivity contribution >= 4 is 23.0 Å². The minimum atomic E-state index is 0.520. The second-order valence-electron chi connectivity index (χ2n) is 9.80. The number of nitrogens with zero attached hydrogens (tertiary/aromatic N) is 6. The molecule has 0 bridgehead atoms. The van der Waals surface area contributed by atoms with E-state index in [9.17, 15) is 0 Å². The van der Waals surface area contributed by atoms with Crippen molar-refractivity contribution in [3.05, 3.63) is 66.1 Å². The van der Waals surface area contributed by atoms with Gasteiger partial charge in [0.05, 0.1) is 17.1 Å². The zero-order valence-electron chi connectivity index (χ0n) is 20.4. The number of hydrogen-bond acceptors (Lipinski definition) is 7. The van der Waals surface area contributed by atoms with Gasteiger partial charge in [0.1, 0.15) is 5.65 Å². The van der Waals surface area contributed by atoms with Crippen LogP contribution in [0.15, 0.2) is 54.9 Å². The molecule has 4 aromatic rings. The SMILES string of the molecule is CN(C)Cc1ccn2c(-c3ccnc(Nc4ccc(N5CCNCC5)cc4)n3)c(C3CC3)nc2c1. The molecule has 0 unspecified atom stereocenters. The summed E-state index contributed by atoms with van der Waals surface area (Å²) in [6.45, 7) is 5.04. The van der Waals surface area contributed by atoms with Crippen molar-refractivity contribution in [3.8, 4) is 11.4 Å². The lowest BCUT2D eigenvalue weighted by Crippen LogP contribution is -2.43. The number of nitrogens with one attached hydrogen (secondary N) is 2. The van der Waals surface area contributed by atoms with E-state index < -0.39 is 0 Å². The zero-order chi connectivity index (χ0) is 23.8. The van der Waals surface area contributed by atoms with Crippen LogP contribution in [0.1, 0.15) is 30.0 Å². The van der Waals surface area contributed by atoms with Crippen molar-refractivity contribution < 1.29 is 0 Å². The first-order valence-corrected chi connectivity index (χ1v) is 12.5. The van der Waals surface area contributed by atoms with Crippen LogP contribution in [-0.2, 0) is 6.54 Å². The maximum Gasteiger partial charge on any atom is 0.227 e. The number of benzene rings is 1. The predicted molar refractivity (Wildman–Crippen MR) is 140 cm³/mol. The standard InChI is InChI=1S/C27H32N8/c1-33(2)18-19-10-14-35-24(17-19)32-25(20-3-4-20)26(35)23-9-11-29-27(31-23)30-21-5-7-22(8-6-21)34-15-12-28-13-16-34/h5-11,14,17,20,28H,3-4,12-13,15-16,18H2,1-2H3,(H,29,30,31). The highest BCUT2D eigenvalue weighted by Gasteiger charge is 2.31. The van der Waals surface area contributed by atoms with Gasteiger partial charge in [0.25, 0.3) is 0 Å². The van der Waals surface area contributed by atoms with Gasteiger partial charge in [-0.1, -0.05) is 0 Å². The van der Waals surface area contributed by atoms with Crippen molar-refractivity contribution in [1.82, 2.24) is 29.6 Å². The number of imidazole rings is 1. The molecular formula is C27H32N8. The van der Waals surface area contributed by atoms with Crippen molar-refractivity contribution in [2.45, 2.75) is 25.3 Å². The Kier molecular flexibility index (Phi) is 5.83. The Morgan fingerprint density at radius 1 is 1.03 bits per heavy atom. The summed E-state index contributed by atoms with van der Waals surface area (Å²) in [5, 5.41) is 6.79. The monoisotopic (exact) mass is 468 g/mol. The van der Waals surface area contributed by atoms with E-state index in [0.29, 0.717) is 11.9 Å². The number of anilines is 3. The molecule has 8 nitrogen and oxygen atoms in total. The molecule has 0 amide bonds. The van der Waals surface area contributed by atoms with Crippen LogP contribution in [0.25, 0.3) is 17.0 Å². The van der Waals surface area contributed by atoms with E-state index in [-0.39, 0.29) is 0 Å². The number of fused-ring (bicyclic) bond motifs is 1. The summed E-state index contributed by atoms with van der Waals surface area (Å²) in [6.07, 6.45) is 6.34. The molecule has 8 heteroatoms. The summed E-state index contributed by atoms with van der Waals surface area (Å²) in [7, 11) is 4.18. The third-order valence-electron chi connectivity index (χ3n) is 6.68. The van der Waals surface area contributed by atoms with Crippen molar-refractivity contribution in [2.75, 3.05) is 50.5 Å². The van der Waals surface area contributed by atoms with Crippen LogP contribution in [0.2, 0.25) is 0 Å². The van der Waals surface area contributed by atoms with Crippen LogP contribution in [0.4, 0.5) is 17.3 Å². The Hall–Kier alpha value is -3.49. The van der Waals surface area contributed by atoms with Gasteiger partial charge in [-0.15, -0.1) is 0 Å². The van der Waals surface area contributed by atoms with E-state index in [4.69, 9.17) is 9.97 Å². The van der Waals surface area contributed by atoms with Crippen LogP contribution in [0.5, 0.6) is 0 Å². The lowest BCUT2D eigenvalue weighted by molar-refractivity contribution is 0.402. The molecule has 0 spiro atoms. The quantitative estimate of drug-likeness (QED) is 0.426. The molecule has 1 aromatic carbocycles. The summed E-state index contributed by atoms with van der Waals surface area (Å²) in [6, 6.07) is 14.9. The topological polar surface area (TPSA) is 73.6 Å². The van der Waals surface area contributed by atoms with E-state index in [1.54, 1.807) is 0 Å². The van der Waals surface area contributed by atoms with Crippen molar-refractivity contribution in [2.24, 2.45) is 0 Å². The summed E-state index contributed by atoms with van der Waals surface area (Å²) < 4.78 is 2.18. The summed E-state index contributed by atoms with van der Waals surface area (Å²) in [4.78, 5) is 19.0. The third-order valence-corrected chi connectivity index (χ3v) is 6.68. The van der Waals surface area contributed by atoms with Crippen LogP contribution >= 0.6 is 0 Å². The van der Waals surface area contributed by atoms with E-state index in [2.05, 4.69) is 86.5 Å². The van der Waals surface area contributed by atoms with Gasteiger partial charge in [0, 0.05) is 62.4 Å². The van der Waals surface area contributed by atoms with E-state index >= 15 is 0 Å². The molecule has 6 rings (SSSR count). The largest absolute Gasteiger partial charge is 0.369 e. The first kappa shape index (κ1) is 22.0. The Bertz CT molecular complexity index is 1320. The Balaban J connectivity index is 1.28. The second-order valence-corrected chi connectivity index (χ2v) is 9.80. The molecule has 180 valence electrons. The Morgan fingerprint density at radius 3 is 2.57 bits per heavy atom. The lowest BCUT2D eigenvalue weighted by atomic mass is 10.2. The van der Waals surface area contributed by atoms with Gasteiger partial charge in [-0.3, -0.25) is 4.40 Å². The van der Waals surface area contributed by atoms with Crippen molar-refractivity contribution in [1.29, 1.82) is 0 Å². The highest BCUT2D eigenvalue weighted by molar-refractivity contribution is 5.68. The van der Waals surface area contributed by atoms with Crippen LogP contribution in [0, 0.1) is 0 Å². The first-order valence-electron chi connectivity index (χ1n) is 12.5. The summed E-state index contributed by atoms with van der Waals surface area (Å²) in [5.74, 6) is 1.12. The molecule has 1 saturated carbocycles. The summed E-state index contributed by atoms with van der Waals surface area (Å²) in [5.41, 5.74) is 7.61. The number of aromatic nitrogens is 4. The number of pyridine rings is 1. The molecule has 1 aliphatic carbocycles. The first-order chi connectivity index (χ1) is 17.1. The molecule has 2 fully saturated rings. The maximum absolute atomic E-state index is 5.04. The van der Waals surface area contributed by atoms with Gasteiger partial charge in [0.15, 0.2) is 0 Å². The number of hydrogen-bond donors (Lipinski definition) is 2. The third kappa shape index (κ3) is 4.72. The van der Waals surface area contributed by atoms with E-state index in [1.165, 1.54) is 24.1 Å².